The molecule has 0 saturated heterocycles. The van der Waals surface area contributed by atoms with Gasteiger partial charge in [0, 0.05) is 36.7 Å². The van der Waals surface area contributed by atoms with E-state index in [9.17, 15) is 0 Å². The third kappa shape index (κ3) is 4.96. The van der Waals surface area contributed by atoms with Crippen LogP contribution in [-0.4, -0.2) is 23.0 Å². The van der Waals surface area contributed by atoms with Crippen LogP contribution in [0.4, 0.5) is 0 Å². The molecule has 1 unspecified atom stereocenters. The number of rotatable bonds is 6. The summed E-state index contributed by atoms with van der Waals surface area (Å²) in [5, 5.41) is 6.28. The molecule has 7 aromatic carbocycles. The summed E-state index contributed by atoms with van der Waals surface area (Å²) in [5.74, 6) is 1.36. The van der Waals surface area contributed by atoms with Crippen LogP contribution in [0.5, 0.6) is 0 Å². The van der Waals surface area contributed by atoms with Gasteiger partial charge in [-0.1, -0.05) is 178 Å². The van der Waals surface area contributed by atoms with E-state index in [4.69, 9.17) is 15.0 Å². The first-order valence-electron chi connectivity index (χ1n) is 18.1. The number of hydrogen-bond donors (Lipinski definition) is 0. The van der Waals surface area contributed by atoms with E-state index < -0.39 is 8.07 Å². The van der Waals surface area contributed by atoms with Crippen molar-refractivity contribution in [2.45, 2.75) is 19.3 Å². The number of benzene rings is 7. The second kappa shape index (κ2) is 12.3. The Morgan fingerprint density at radius 1 is 0.434 bits per heavy atom. The molecule has 252 valence electrons. The van der Waals surface area contributed by atoms with Crippen molar-refractivity contribution in [2.75, 3.05) is 0 Å². The maximum atomic E-state index is 5.57. The quantitative estimate of drug-likeness (QED) is 0.127. The molecule has 0 saturated carbocycles. The highest BCUT2D eigenvalue weighted by Gasteiger charge is 2.47. The van der Waals surface area contributed by atoms with Crippen LogP contribution in [0, 0.1) is 0 Å². The molecule has 53 heavy (non-hydrogen) atoms. The number of nitrogens with zero attached hydrogens (tertiary/aromatic N) is 3. The zero-order valence-corrected chi connectivity index (χ0v) is 31.3. The first-order valence-corrected chi connectivity index (χ1v) is 20.9. The highest BCUT2D eigenvalue weighted by Crippen LogP contribution is 2.48. The molecule has 0 bridgehead atoms. The highest BCUT2D eigenvalue weighted by atomic mass is 32.1. The number of aromatic nitrogens is 3. The molecule has 10 rings (SSSR count). The Labute approximate surface area is 314 Å². The van der Waals surface area contributed by atoms with Gasteiger partial charge in [-0.25, -0.2) is 15.0 Å². The average molecular weight is 714 g/mol. The smallest absolute Gasteiger partial charge is 0.217 e. The van der Waals surface area contributed by atoms with Crippen LogP contribution < -0.4 is 21.0 Å². The van der Waals surface area contributed by atoms with E-state index in [1.165, 1.54) is 58.0 Å². The van der Waals surface area contributed by atoms with Crippen molar-refractivity contribution in [3.63, 3.8) is 0 Å². The summed E-state index contributed by atoms with van der Waals surface area (Å²) in [6.45, 7) is 4.72. The molecule has 0 radical (unpaired) electrons. The molecule has 0 N–H and O–H groups in total. The van der Waals surface area contributed by atoms with Gasteiger partial charge in [0.15, 0.2) is 11.6 Å². The summed E-state index contributed by atoms with van der Waals surface area (Å²) in [6, 6.07) is 63.7. The fourth-order valence-electron chi connectivity index (χ4n) is 8.45. The van der Waals surface area contributed by atoms with Crippen LogP contribution in [0.1, 0.15) is 25.0 Å². The monoisotopic (exact) mass is 713 g/mol. The van der Waals surface area contributed by atoms with Gasteiger partial charge in [0.2, 0.25) is 8.07 Å². The molecule has 0 spiro atoms. The van der Waals surface area contributed by atoms with Crippen LogP contribution in [-0.2, 0) is 5.41 Å². The Kier molecular flexibility index (Phi) is 7.36. The second-order valence-corrected chi connectivity index (χ2v) is 19.2. The van der Waals surface area contributed by atoms with Gasteiger partial charge >= 0.3 is 0 Å². The Morgan fingerprint density at radius 3 is 1.70 bits per heavy atom. The number of thiophene rings is 1. The first-order chi connectivity index (χ1) is 26.0. The van der Waals surface area contributed by atoms with Gasteiger partial charge in [0.25, 0.3) is 0 Å². The van der Waals surface area contributed by atoms with Crippen LogP contribution in [0.3, 0.4) is 0 Å². The lowest BCUT2D eigenvalue weighted by molar-refractivity contribution is 0.661. The molecule has 0 amide bonds. The van der Waals surface area contributed by atoms with Gasteiger partial charge in [-0.05, 0) is 49.9 Å². The SMILES string of the molecule is CC1(C)c2ccccc2-c2ccc([Si](c3ccccc3)(c3ccc4sc5ccccc5c4c3)c3nc(-c4ccccc4)nc(-c4ccccc4)n3)cc21. The zero-order chi connectivity index (χ0) is 35.6. The lowest BCUT2D eigenvalue weighted by atomic mass is 9.82. The van der Waals surface area contributed by atoms with E-state index in [2.05, 4.69) is 178 Å². The average Bonchev–Trinajstić information content (AvgIpc) is 3.70. The summed E-state index contributed by atoms with van der Waals surface area (Å²) in [4.78, 5) is 16.3. The molecule has 3 nitrogen and oxygen atoms in total. The molecule has 5 heteroatoms. The van der Waals surface area contributed by atoms with Crippen LogP contribution >= 0.6 is 11.3 Å². The molecular formula is C48H35N3SSi. The third-order valence-electron chi connectivity index (χ3n) is 11.1. The molecular weight excluding hydrogens is 679 g/mol. The van der Waals surface area contributed by atoms with Gasteiger partial charge in [-0.15, -0.1) is 11.3 Å². The van der Waals surface area contributed by atoms with Crippen LogP contribution in [0.2, 0.25) is 0 Å². The summed E-state index contributed by atoms with van der Waals surface area (Å²) >= 11 is 1.85. The lowest BCUT2D eigenvalue weighted by Crippen LogP contribution is -2.76. The van der Waals surface area contributed by atoms with E-state index in [-0.39, 0.29) is 5.41 Å². The van der Waals surface area contributed by atoms with Gasteiger partial charge in [0.05, 0.1) is 0 Å². The van der Waals surface area contributed by atoms with Crippen molar-refractivity contribution < 1.29 is 0 Å². The maximum Gasteiger partial charge on any atom is 0.226 e. The molecule has 0 fully saturated rings. The fraction of sp³-hybridized carbons (Fsp3) is 0.0625. The van der Waals surface area contributed by atoms with Crippen molar-refractivity contribution in [3.8, 4) is 33.9 Å². The molecule has 0 aliphatic heterocycles. The topological polar surface area (TPSA) is 38.7 Å². The Balaban J connectivity index is 1.35. The standard InChI is InChI=1S/C48H35N3SSi/c1-48(2)41-24-14-12-22-37(41)38-28-26-36(31-42(38)48)53(34-20-10-5-11-21-34,35-27-29-44-40(30-35)39-23-13-15-25-43(39)52-44)47-50-45(32-16-6-3-7-17-32)49-46(51-47)33-18-8-4-9-19-33/h3-31H,1-2H3. The van der Waals surface area contributed by atoms with Crippen molar-refractivity contribution >= 4 is 60.6 Å². The van der Waals surface area contributed by atoms with Crippen molar-refractivity contribution in [3.05, 3.63) is 187 Å². The van der Waals surface area contributed by atoms with E-state index in [0.717, 1.165) is 16.6 Å². The van der Waals surface area contributed by atoms with Gasteiger partial charge in [-0.3, -0.25) is 0 Å². The minimum atomic E-state index is -3.27. The third-order valence-corrected chi connectivity index (χ3v) is 16.7. The Bertz CT molecular complexity index is 2760. The summed E-state index contributed by atoms with van der Waals surface area (Å²) in [7, 11) is -3.27. The summed E-state index contributed by atoms with van der Waals surface area (Å²) < 4.78 is 2.57. The van der Waals surface area contributed by atoms with Crippen molar-refractivity contribution in [1.82, 2.24) is 15.0 Å². The largest absolute Gasteiger partial charge is 0.226 e. The van der Waals surface area contributed by atoms with E-state index in [0.29, 0.717) is 11.6 Å². The Hall–Kier alpha value is -6.01. The minimum absolute atomic E-state index is 0.171. The predicted molar refractivity (Wildman–Crippen MR) is 225 cm³/mol. The van der Waals surface area contributed by atoms with Crippen LogP contribution in [0.15, 0.2) is 176 Å². The molecule has 2 aromatic heterocycles. The first kappa shape index (κ1) is 31.7. The van der Waals surface area contributed by atoms with Gasteiger partial charge < -0.3 is 0 Å². The number of hydrogen-bond acceptors (Lipinski definition) is 4. The molecule has 1 aliphatic rings. The highest BCUT2D eigenvalue weighted by molar-refractivity contribution is 7.26. The summed E-state index contributed by atoms with van der Waals surface area (Å²) in [5.41, 5.74) is 7.90. The van der Waals surface area contributed by atoms with Gasteiger partial charge in [-0.2, -0.15) is 0 Å². The van der Waals surface area contributed by atoms with Gasteiger partial charge in [0.1, 0.15) is 5.45 Å². The molecule has 1 aliphatic carbocycles. The van der Waals surface area contributed by atoms with Crippen LogP contribution in [0.25, 0.3) is 54.1 Å². The molecule has 2 heterocycles. The van der Waals surface area contributed by atoms with Crippen molar-refractivity contribution in [1.29, 1.82) is 0 Å². The Morgan fingerprint density at radius 2 is 0.981 bits per heavy atom. The van der Waals surface area contributed by atoms with E-state index >= 15 is 0 Å². The zero-order valence-electron chi connectivity index (χ0n) is 29.5. The summed E-state index contributed by atoms with van der Waals surface area (Å²) in [6.07, 6.45) is 0. The second-order valence-electron chi connectivity index (χ2n) is 14.4. The van der Waals surface area contributed by atoms with E-state index in [1.54, 1.807) is 0 Å². The maximum absolute atomic E-state index is 5.57. The minimum Gasteiger partial charge on any atom is -0.217 e. The van der Waals surface area contributed by atoms with E-state index in [1.807, 2.05) is 23.5 Å². The molecule has 9 aromatic rings. The normalized spacial score (nSPS) is 14.2. The number of fused-ring (bicyclic) bond motifs is 6. The fourth-order valence-corrected chi connectivity index (χ4v) is 13.9. The predicted octanol–water partition coefficient (Wildman–Crippen LogP) is 9.26. The lowest BCUT2D eigenvalue weighted by Gasteiger charge is -2.33. The molecule has 1 atom stereocenters. The van der Waals surface area contributed by atoms with Crippen molar-refractivity contribution in [2.24, 2.45) is 0 Å².